The van der Waals surface area contributed by atoms with Gasteiger partial charge in [0.05, 0.1) is 18.6 Å². The van der Waals surface area contributed by atoms with Gasteiger partial charge in [-0.15, -0.1) is 16.9 Å². The van der Waals surface area contributed by atoms with Crippen LogP contribution in [0.5, 0.6) is 0 Å². The lowest BCUT2D eigenvalue weighted by molar-refractivity contribution is -0.150. The summed E-state index contributed by atoms with van der Waals surface area (Å²) < 4.78 is 28.9. The first kappa shape index (κ1) is 26.6. The van der Waals surface area contributed by atoms with Crippen molar-refractivity contribution in [2.24, 2.45) is 10.3 Å². The molecule has 2 amide bonds. The van der Waals surface area contributed by atoms with Crippen LogP contribution >= 0.6 is 23.5 Å². The molecule has 1 unspecified atom stereocenters. The van der Waals surface area contributed by atoms with Gasteiger partial charge in [0, 0.05) is 11.5 Å². The molecule has 19 heteroatoms. The number of aryl methyl sites for hydroxylation is 1. The standard InChI is InChI=1S/C18H20N8O8S3/c1-33-22-11(10-3-2-5-34-10)14(27)20-12-15(28)26-13(17(29)30)9(7-35-16(12)26)8-36-18-21-23-24-25(18)4-6-37(19,31)32/h2-3,5,12,16H,4,6-8H2,1H3,(H,20,27)(H,29,30)(H2,19,31,32)/b22-11+/t12?,16-/m1/s1. The molecule has 37 heavy (non-hydrogen) atoms. The number of hydrogen-bond acceptors (Lipinski definition) is 13. The number of sulfonamides is 1. The van der Waals surface area contributed by atoms with E-state index in [0.717, 1.165) is 16.7 Å². The lowest BCUT2D eigenvalue weighted by Gasteiger charge is -2.49. The fourth-order valence-corrected chi connectivity index (χ4v) is 6.33. The number of hydrogen-bond donors (Lipinski definition) is 3. The number of amides is 2. The Morgan fingerprint density at radius 1 is 1.46 bits per heavy atom. The molecule has 2 aromatic heterocycles. The molecule has 4 N–H and O–H groups in total. The topological polar surface area (TPSA) is 225 Å². The highest BCUT2D eigenvalue weighted by atomic mass is 32.2. The molecule has 4 rings (SSSR count). The molecule has 198 valence electrons. The summed E-state index contributed by atoms with van der Waals surface area (Å²) in [7, 11) is -2.47. The Kier molecular flexibility index (Phi) is 7.85. The van der Waals surface area contributed by atoms with Gasteiger partial charge in [-0.1, -0.05) is 16.9 Å². The smallest absolute Gasteiger partial charge is 0.352 e. The van der Waals surface area contributed by atoms with Crippen molar-refractivity contribution in [3.8, 4) is 0 Å². The molecule has 0 spiro atoms. The van der Waals surface area contributed by atoms with Crippen LogP contribution in [0.15, 0.2) is 44.4 Å². The highest BCUT2D eigenvalue weighted by Crippen LogP contribution is 2.41. The van der Waals surface area contributed by atoms with E-state index in [-0.39, 0.29) is 46.1 Å². The molecule has 4 heterocycles. The van der Waals surface area contributed by atoms with Gasteiger partial charge in [-0.05, 0) is 28.1 Å². The van der Waals surface area contributed by atoms with Crippen LogP contribution in [0.25, 0.3) is 0 Å². The minimum absolute atomic E-state index is 0.0752. The van der Waals surface area contributed by atoms with Gasteiger partial charge in [-0.25, -0.2) is 23.0 Å². The Labute approximate surface area is 217 Å². The van der Waals surface area contributed by atoms with E-state index in [1.807, 2.05) is 0 Å². The van der Waals surface area contributed by atoms with Gasteiger partial charge in [0.1, 0.15) is 24.2 Å². The number of carboxylic acids is 1. The van der Waals surface area contributed by atoms with E-state index in [1.54, 1.807) is 6.07 Å². The number of nitrogens with zero attached hydrogens (tertiary/aromatic N) is 6. The Balaban J connectivity index is 1.46. The summed E-state index contributed by atoms with van der Waals surface area (Å²) in [6.07, 6.45) is 1.35. The minimum atomic E-state index is -3.73. The van der Waals surface area contributed by atoms with Crippen molar-refractivity contribution in [3.63, 3.8) is 0 Å². The fraction of sp³-hybridized carbons (Fsp3) is 0.389. The molecular weight excluding hydrogens is 552 g/mol. The molecule has 0 radical (unpaired) electrons. The number of carboxylic acid groups (broad SMARTS) is 1. The number of furan rings is 1. The van der Waals surface area contributed by atoms with Gasteiger partial charge in [0.15, 0.2) is 5.76 Å². The summed E-state index contributed by atoms with van der Waals surface area (Å²) in [6, 6.07) is 2.08. The number of nitrogens with one attached hydrogen (secondary N) is 1. The van der Waals surface area contributed by atoms with Crippen LogP contribution in [0, 0.1) is 0 Å². The summed E-state index contributed by atoms with van der Waals surface area (Å²) >= 11 is 2.37. The van der Waals surface area contributed by atoms with E-state index < -0.39 is 39.2 Å². The Morgan fingerprint density at radius 2 is 2.24 bits per heavy atom. The van der Waals surface area contributed by atoms with Crippen molar-refractivity contribution in [2.75, 3.05) is 24.4 Å². The average molecular weight is 573 g/mol. The molecule has 0 aromatic carbocycles. The quantitative estimate of drug-likeness (QED) is 0.120. The molecule has 0 bridgehead atoms. The Hall–Kier alpha value is -3.42. The molecule has 16 nitrogen and oxygen atoms in total. The van der Waals surface area contributed by atoms with Gasteiger partial charge in [-0.2, -0.15) is 0 Å². The monoisotopic (exact) mass is 572 g/mol. The van der Waals surface area contributed by atoms with Crippen LogP contribution < -0.4 is 10.5 Å². The Bertz CT molecular complexity index is 1370. The molecule has 1 saturated heterocycles. The van der Waals surface area contributed by atoms with Crippen molar-refractivity contribution in [2.45, 2.75) is 23.1 Å². The lowest BCUT2D eigenvalue weighted by Crippen LogP contribution is -2.71. The summed E-state index contributed by atoms with van der Waals surface area (Å²) in [6.45, 7) is -0.0752. The number of aromatic nitrogens is 4. The highest BCUT2D eigenvalue weighted by Gasteiger charge is 2.54. The highest BCUT2D eigenvalue weighted by molar-refractivity contribution is 8.01. The predicted octanol–water partition coefficient (Wildman–Crippen LogP) is -1.56. The predicted molar refractivity (Wildman–Crippen MR) is 128 cm³/mol. The van der Waals surface area contributed by atoms with Crippen LogP contribution in [0.4, 0.5) is 0 Å². The molecular formula is C18H20N8O8S3. The molecule has 2 aliphatic heterocycles. The zero-order chi connectivity index (χ0) is 26.7. The number of carbonyl (C=O) groups is 3. The molecule has 2 aromatic rings. The van der Waals surface area contributed by atoms with Crippen molar-refractivity contribution in [1.82, 2.24) is 30.4 Å². The molecule has 1 fully saturated rings. The van der Waals surface area contributed by atoms with E-state index in [0.29, 0.717) is 5.57 Å². The largest absolute Gasteiger partial charge is 0.477 e. The maximum absolute atomic E-state index is 12.9. The SMILES string of the molecule is CO/N=C(/C(=O)NC1C(=O)N2C(C(=O)O)=C(CSc3nnnn3CCS(N)(=O)=O)CS[C@H]12)c1ccco1. The summed E-state index contributed by atoms with van der Waals surface area (Å²) in [5.74, 6) is -2.48. The number of primary sulfonamides is 1. The van der Waals surface area contributed by atoms with E-state index in [2.05, 4.69) is 26.0 Å². The summed E-state index contributed by atoms with van der Waals surface area (Å²) in [4.78, 5) is 43.6. The number of aliphatic carboxylic acids is 1. The van der Waals surface area contributed by atoms with Crippen molar-refractivity contribution in [3.05, 3.63) is 35.4 Å². The number of carbonyl (C=O) groups excluding carboxylic acids is 2. The summed E-state index contributed by atoms with van der Waals surface area (Å²) in [5.41, 5.74) is 0.0769. The van der Waals surface area contributed by atoms with E-state index in [9.17, 15) is 27.9 Å². The molecule has 0 saturated carbocycles. The van der Waals surface area contributed by atoms with Crippen LogP contribution in [0.1, 0.15) is 5.76 Å². The number of rotatable bonds is 11. The zero-order valence-electron chi connectivity index (χ0n) is 19.0. The van der Waals surface area contributed by atoms with Crippen LogP contribution in [-0.2, 0) is 35.8 Å². The number of thioether (sulfide) groups is 2. The van der Waals surface area contributed by atoms with Crippen molar-refractivity contribution < 1.29 is 37.2 Å². The normalized spacial score (nSPS) is 19.9. The first-order chi connectivity index (χ1) is 17.6. The zero-order valence-corrected chi connectivity index (χ0v) is 21.5. The van der Waals surface area contributed by atoms with E-state index in [1.165, 1.54) is 35.9 Å². The molecule has 0 aliphatic carbocycles. The van der Waals surface area contributed by atoms with E-state index in [4.69, 9.17) is 14.4 Å². The molecule has 2 atom stereocenters. The Morgan fingerprint density at radius 3 is 2.89 bits per heavy atom. The third-order valence-electron chi connectivity index (χ3n) is 5.15. The lowest BCUT2D eigenvalue weighted by atomic mass is 10.0. The van der Waals surface area contributed by atoms with Gasteiger partial charge < -0.3 is 19.7 Å². The van der Waals surface area contributed by atoms with Crippen LogP contribution in [-0.4, -0.2) is 97.9 Å². The number of fused-ring (bicyclic) bond motifs is 1. The minimum Gasteiger partial charge on any atom is -0.477 e. The second-order valence-corrected chi connectivity index (χ2v) is 11.3. The van der Waals surface area contributed by atoms with Gasteiger partial charge in [0.25, 0.3) is 11.8 Å². The van der Waals surface area contributed by atoms with Gasteiger partial charge in [0.2, 0.25) is 20.9 Å². The van der Waals surface area contributed by atoms with Gasteiger partial charge >= 0.3 is 5.97 Å². The second-order valence-electron chi connectivity index (χ2n) is 7.56. The third kappa shape index (κ3) is 5.78. The summed E-state index contributed by atoms with van der Waals surface area (Å²) in [5, 5.41) is 31.8. The van der Waals surface area contributed by atoms with Crippen LogP contribution in [0.2, 0.25) is 0 Å². The number of tetrazole rings is 1. The average Bonchev–Trinajstić information content (AvgIpc) is 3.54. The van der Waals surface area contributed by atoms with Gasteiger partial charge in [-0.3, -0.25) is 14.5 Å². The molecule has 2 aliphatic rings. The van der Waals surface area contributed by atoms with E-state index >= 15 is 0 Å². The maximum atomic E-state index is 12.9. The first-order valence-corrected chi connectivity index (χ1v) is 14.1. The number of β-lactam (4-membered cyclic amide) rings is 1. The first-order valence-electron chi connectivity index (χ1n) is 10.4. The van der Waals surface area contributed by atoms with Crippen molar-refractivity contribution >= 4 is 57.0 Å². The number of oxime groups is 1. The van der Waals surface area contributed by atoms with Crippen molar-refractivity contribution in [1.29, 1.82) is 0 Å². The second kappa shape index (κ2) is 10.9. The maximum Gasteiger partial charge on any atom is 0.352 e. The van der Waals surface area contributed by atoms with Crippen LogP contribution in [0.3, 0.4) is 0 Å². The third-order valence-corrected chi connectivity index (χ3v) is 8.29. The number of nitrogens with two attached hydrogens (primary N) is 1. The fourth-order valence-electron chi connectivity index (χ4n) is 3.51.